The van der Waals surface area contributed by atoms with Crippen molar-refractivity contribution in [2.24, 2.45) is 5.92 Å². The van der Waals surface area contributed by atoms with Crippen LogP contribution in [0.3, 0.4) is 0 Å². The van der Waals surface area contributed by atoms with Crippen molar-refractivity contribution in [3.8, 4) is 0 Å². The zero-order valence-corrected chi connectivity index (χ0v) is 12.5. The van der Waals surface area contributed by atoms with E-state index < -0.39 is 0 Å². The number of nitrogens with zero attached hydrogens (tertiary/aromatic N) is 1. The highest BCUT2D eigenvalue weighted by Gasteiger charge is 2.31. The third-order valence-corrected chi connectivity index (χ3v) is 3.96. The molecular weight excluding hydrogens is 254 g/mol. The molecule has 1 heterocycles. The number of hydrogen-bond donors (Lipinski definition) is 0. The Hall–Kier alpha value is -1.84. The van der Waals surface area contributed by atoms with Gasteiger partial charge in [-0.2, -0.15) is 0 Å². The van der Waals surface area contributed by atoms with Crippen LogP contribution in [0.2, 0.25) is 0 Å². The van der Waals surface area contributed by atoms with Crippen LogP contribution in [0.1, 0.15) is 43.6 Å². The van der Waals surface area contributed by atoms with Crippen molar-refractivity contribution in [3.05, 3.63) is 29.3 Å². The molecule has 1 unspecified atom stereocenters. The van der Waals surface area contributed by atoms with E-state index in [1.807, 2.05) is 17.0 Å². The molecule has 0 radical (unpaired) electrons. The minimum atomic E-state index is -0.309. The molecule has 1 aromatic carbocycles. The molecule has 0 N–H and O–H groups in total. The topological polar surface area (TPSA) is 46.6 Å². The van der Waals surface area contributed by atoms with Gasteiger partial charge in [-0.15, -0.1) is 0 Å². The minimum Gasteiger partial charge on any atom is -0.462 e. The van der Waals surface area contributed by atoms with E-state index in [0.717, 1.165) is 17.7 Å². The number of ether oxygens (including phenoxy) is 1. The Morgan fingerprint density at radius 1 is 1.35 bits per heavy atom. The van der Waals surface area contributed by atoms with E-state index in [9.17, 15) is 9.59 Å². The summed E-state index contributed by atoms with van der Waals surface area (Å²) >= 11 is 0. The van der Waals surface area contributed by atoms with Gasteiger partial charge in [-0.25, -0.2) is 4.79 Å². The third kappa shape index (κ3) is 2.55. The fraction of sp³-hybridized carbons (Fsp3) is 0.500. The summed E-state index contributed by atoms with van der Waals surface area (Å²) in [6.45, 7) is 7.92. The molecule has 4 nitrogen and oxygen atoms in total. The van der Waals surface area contributed by atoms with Crippen molar-refractivity contribution in [1.82, 2.24) is 0 Å². The number of rotatable bonds is 2. The molecule has 0 aliphatic carbocycles. The molecule has 0 bridgehead atoms. The van der Waals surface area contributed by atoms with Crippen molar-refractivity contribution in [2.75, 3.05) is 11.5 Å². The summed E-state index contributed by atoms with van der Waals surface area (Å²) in [4.78, 5) is 25.5. The summed E-state index contributed by atoms with van der Waals surface area (Å²) in [6.07, 6.45) is 0.869. The normalized spacial score (nSPS) is 21.3. The van der Waals surface area contributed by atoms with Crippen LogP contribution in [-0.4, -0.2) is 24.5 Å². The molecule has 0 saturated heterocycles. The van der Waals surface area contributed by atoms with Crippen LogP contribution in [0.15, 0.2) is 18.2 Å². The van der Waals surface area contributed by atoms with Crippen LogP contribution in [0, 0.1) is 5.92 Å². The lowest BCUT2D eigenvalue weighted by molar-refractivity contribution is -0.117. The van der Waals surface area contributed by atoms with Crippen LogP contribution in [-0.2, 0) is 16.0 Å². The fourth-order valence-electron chi connectivity index (χ4n) is 2.77. The van der Waals surface area contributed by atoms with Gasteiger partial charge in [-0.1, -0.05) is 6.92 Å². The van der Waals surface area contributed by atoms with Gasteiger partial charge in [0.15, 0.2) is 0 Å². The van der Waals surface area contributed by atoms with Crippen molar-refractivity contribution in [3.63, 3.8) is 0 Å². The van der Waals surface area contributed by atoms with E-state index in [0.29, 0.717) is 18.1 Å². The summed E-state index contributed by atoms with van der Waals surface area (Å²) in [5.41, 5.74) is 2.50. The fourth-order valence-corrected chi connectivity index (χ4v) is 2.77. The smallest absolute Gasteiger partial charge is 0.338 e. The maximum atomic E-state index is 11.9. The zero-order chi connectivity index (χ0) is 14.9. The van der Waals surface area contributed by atoms with Crippen LogP contribution in [0.4, 0.5) is 5.69 Å². The van der Waals surface area contributed by atoms with E-state index in [-0.39, 0.29) is 17.9 Å². The van der Waals surface area contributed by atoms with Gasteiger partial charge in [0.25, 0.3) is 0 Å². The molecule has 1 aliphatic heterocycles. The first kappa shape index (κ1) is 14.6. The van der Waals surface area contributed by atoms with E-state index in [2.05, 4.69) is 13.8 Å². The van der Waals surface area contributed by atoms with Gasteiger partial charge in [0.05, 0.1) is 12.2 Å². The predicted octanol–water partition coefficient (Wildman–Crippen LogP) is 2.80. The predicted molar refractivity (Wildman–Crippen MR) is 77.9 cm³/mol. The van der Waals surface area contributed by atoms with E-state index >= 15 is 0 Å². The summed E-state index contributed by atoms with van der Waals surface area (Å²) in [5.74, 6) is 0.0916. The number of carbonyl (C=O) groups is 2. The van der Waals surface area contributed by atoms with Crippen molar-refractivity contribution < 1.29 is 14.3 Å². The SMILES string of the molecule is CCOC(=O)c1ccc2c(c1)CC(C)[C@H](C)N2C(C)=O. The van der Waals surface area contributed by atoms with Gasteiger partial charge in [0, 0.05) is 18.7 Å². The van der Waals surface area contributed by atoms with Gasteiger partial charge in [0.2, 0.25) is 5.91 Å². The molecule has 1 aliphatic rings. The standard InChI is InChI=1S/C16H21NO3/c1-5-20-16(19)13-6-7-15-14(9-13)8-10(2)11(3)17(15)12(4)18/h6-7,9-11H,5,8H2,1-4H3/t10?,11-/m0/s1. The first-order valence-corrected chi connectivity index (χ1v) is 7.05. The number of carbonyl (C=O) groups excluding carboxylic acids is 2. The van der Waals surface area contributed by atoms with Gasteiger partial charge in [-0.05, 0) is 49.9 Å². The average Bonchev–Trinajstić information content (AvgIpc) is 2.39. The van der Waals surface area contributed by atoms with E-state index in [4.69, 9.17) is 4.74 Å². The Morgan fingerprint density at radius 2 is 2.05 bits per heavy atom. The summed E-state index contributed by atoms with van der Waals surface area (Å²) < 4.78 is 5.02. The maximum Gasteiger partial charge on any atom is 0.338 e. The number of anilines is 1. The van der Waals surface area contributed by atoms with Gasteiger partial charge >= 0.3 is 5.97 Å². The first-order chi connectivity index (χ1) is 9.45. The van der Waals surface area contributed by atoms with E-state index in [1.54, 1.807) is 19.9 Å². The molecular formula is C16H21NO3. The Morgan fingerprint density at radius 3 is 2.65 bits per heavy atom. The minimum absolute atomic E-state index is 0.0363. The van der Waals surface area contributed by atoms with Crippen LogP contribution in [0.5, 0.6) is 0 Å². The molecule has 20 heavy (non-hydrogen) atoms. The number of esters is 1. The van der Waals surface area contributed by atoms with Gasteiger partial charge in [0.1, 0.15) is 0 Å². The molecule has 108 valence electrons. The molecule has 0 aromatic heterocycles. The number of benzene rings is 1. The highest BCUT2D eigenvalue weighted by atomic mass is 16.5. The second-order valence-corrected chi connectivity index (χ2v) is 5.37. The van der Waals surface area contributed by atoms with E-state index in [1.165, 1.54) is 0 Å². The Kier molecular flexibility index (Phi) is 4.12. The molecule has 2 rings (SSSR count). The Balaban J connectivity index is 2.41. The summed E-state index contributed by atoms with van der Waals surface area (Å²) in [6, 6.07) is 5.61. The lowest BCUT2D eigenvalue weighted by Crippen LogP contribution is -2.45. The number of hydrogen-bond acceptors (Lipinski definition) is 3. The molecule has 0 saturated carbocycles. The monoisotopic (exact) mass is 275 g/mol. The van der Waals surface area contributed by atoms with Gasteiger partial charge < -0.3 is 9.64 Å². The van der Waals surface area contributed by atoms with Crippen LogP contribution >= 0.6 is 0 Å². The third-order valence-electron chi connectivity index (χ3n) is 3.96. The Bertz CT molecular complexity index is 539. The second-order valence-electron chi connectivity index (χ2n) is 5.37. The molecule has 2 atom stereocenters. The quantitative estimate of drug-likeness (QED) is 0.780. The molecule has 1 amide bonds. The highest BCUT2D eigenvalue weighted by molar-refractivity contribution is 5.95. The number of fused-ring (bicyclic) bond motifs is 1. The van der Waals surface area contributed by atoms with Crippen molar-refractivity contribution in [2.45, 2.75) is 40.2 Å². The van der Waals surface area contributed by atoms with Crippen molar-refractivity contribution in [1.29, 1.82) is 0 Å². The number of amides is 1. The van der Waals surface area contributed by atoms with Crippen LogP contribution in [0.25, 0.3) is 0 Å². The molecule has 0 fully saturated rings. The molecule has 0 spiro atoms. The van der Waals surface area contributed by atoms with Gasteiger partial charge in [-0.3, -0.25) is 4.79 Å². The maximum absolute atomic E-state index is 11.9. The summed E-state index contributed by atoms with van der Waals surface area (Å²) in [5, 5.41) is 0. The first-order valence-electron chi connectivity index (χ1n) is 7.05. The summed E-state index contributed by atoms with van der Waals surface area (Å²) in [7, 11) is 0. The largest absolute Gasteiger partial charge is 0.462 e. The highest BCUT2D eigenvalue weighted by Crippen LogP contribution is 2.34. The lowest BCUT2D eigenvalue weighted by atomic mass is 9.87. The van der Waals surface area contributed by atoms with Crippen molar-refractivity contribution >= 4 is 17.6 Å². The Labute approximate surface area is 119 Å². The van der Waals surface area contributed by atoms with Crippen LogP contribution < -0.4 is 4.90 Å². The second kappa shape index (κ2) is 5.65. The molecule has 1 aromatic rings. The molecule has 4 heteroatoms. The average molecular weight is 275 g/mol. The lowest BCUT2D eigenvalue weighted by Gasteiger charge is -2.39. The zero-order valence-electron chi connectivity index (χ0n) is 12.5.